The number of carbonyl (C=O) groups excluding carboxylic acids is 1. The highest BCUT2D eigenvalue weighted by molar-refractivity contribution is 9.11. The number of carboxylic acids is 1. The van der Waals surface area contributed by atoms with Crippen molar-refractivity contribution in [2.75, 3.05) is 0 Å². The Hall–Kier alpha value is -0.840. The minimum Gasteiger partial charge on any atom is -0.481 e. The Morgan fingerprint density at radius 1 is 1.45 bits per heavy atom. The molecule has 0 saturated heterocycles. The van der Waals surface area contributed by atoms with E-state index < -0.39 is 16.2 Å². The predicted octanol–water partition coefficient (Wildman–Crippen LogP) is 4.99. The Morgan fingerprint density at radius 3 is 2.55 bits per heavy atom. The molecule has 0 heterocycles. The van der Waals surface area contributed by atoms with Crippen LogP contribution in [0.15, 0.2) is 47.0 Å². The topological polar surface area (TPSA) is 54.4 Å². The molecule has 0 amide bonds. The molecule has 6 heteroatoms. The predicted molar refractivity (Wildman–Crippen MR) is 95.9 cm³/mol. The maximum Gasteiger partial charge on any atom is 0.307 e. The molecular formula is C16H19BrCl2O3. The Kier molecular flexibility index (Phi) is 9.65. The zero-order chi connectivity index (χ0) is 17.3. The van der Waals surface area contributed by atoms with Gasteiger partial charge in [0, 0.05) is 6.42 Å². The van der Waals surface area contributed by atoms with Crippen LogP contribution in [0.2, 0.25) is 0 Å². The maximum atomic E-state index is 11.7. The van der Waals surface area contributed by atoms with Crippen LogP contribution in [0, 0.1) is 0 Å². The van der Waals surface area contributed by atoms with Gasteiger partial charge in [0.25, 0.3) is 0 Å². The lowest BCUT2D eigenvalue weighted by atomic mass is 10.0. The highest BCUT2D eigenvalue weighted by atomic mass is 79.9. The summed E-state index contributed by atoms with van der Waals surface area (Å²) in [6, 6.07) is 0. The summed E-state index contributed by atoms with van der Waals surface area (Å²) < 4.78 is 0. The number of carboxylic acid groups (broad SMARTS) is 1. The highest BCUT2D eigenvalue weighted by Crippen LogP contribution is 2.27. The van der Waals surface area contributed by atoms with Crippen molar-refractivity contribution in [3.8, 4) is 0 Å². The number of aliphatic carboxylic acids is 1. The van der Waals surface area contributed by atoms with E-state index in [0.717, 1.165) is 5.57 Å². The molecular weight excluding hydrogens is 391 g/mol. The van der Waals surface area contributed by atoms with E-state index in [-0.39, 0.29) is 24.2 Å². The van der Waals surface area contributed by atoms with Crippen molar-refractivity contribution in [2.24, 2.45) is 0 Å². The summed E-state index contributed by atoms with van der Waals surface area (Å²) in [5.41, 5.74) is 0.920. The van der Waals surface area contributed by atoms with Crippen LogP contribution in [-0.4, -0.2) is 27.1 Å². The van der Waals surface area contributed by atoms with Crippen molar-refractivity contribution in [1.29, 1.82) is 0 Å². The molecule has 2 atom stereocenters. The number of Topliss-reactive ketones (excluding diaryl/α,β-unsaturated/α-hetero) is 1. The van der Waals surface area contributed by atoms with Crippen molar-refractivity contribution in [3.63, 3.8) is 0 Å². The second-order valence-electron chi connectivity index (χ2n) is 4.95. The molecule has 0 aliphatic heterocycles. The fourth-order valence-electron chi connectivity index (χ4n) is 1.39. The number of alkyl halides is 2. The number of halogens is 3. The van der Waals surface area contributed by atoms with Crippen molar-refractivity contribution in [2.45, 2.75) is 36.9 Å². The Bertz CT molecular complexity index is 519. The average Bonchev–Trinajstić information content (AvgIpc) is 2.40. The lowest BCUT2D eigenvalue weighted by Crippen LogP contribution is -2.24. The summed E-state index contributed by atoms with van der Waals surface area (Å²) in [4.78, 5) is 23.1. The molecule has 0 aromatic rings. The van der Waals surface area contributed by atoms with Gasteiger partial charge in [0.1, 0.15) is 0 Å². The number of carbonyl (C=O) groups is 2. The smallest absolute Gasteiger partial charge is 0.307 e. The van der Waals surface area contributed by atoms with Gasteiger partial charge in [0.05, 0.1) is 16.7 Å². The van der Waals surface area contributed by atoms with Crippen LogP contribution in [0.4, 0.5) is 0 Å². The third kappa shape index (κ3) is 8.57. The van der Waals surface area contributed by atoms with Crippen LogP contribution < -0.4 is 0 Å². The third-order valence-electron chi connectivity index (χ3n) is 2.82. The average molecular weight is 410 g/mol. The molecule has 22 heavy (non-hydrogen) atoms. The van der Waals surface area contributed by atoms with Crippen LogP contribution in [0.3, 0.4) is 0 Å². The Labute approximate surface area is 149 Å². The van der Waals surface area contributed by atoms with Crippen LogP contribution in [0.5, 0.6) is 0 Å². The molecule has 0 aromatic carbocycles. The van der Waals surface area contributed by atoms with E-state index in [1.807, 2.05) is 6.92 Å². The number of allylic oxidation sites excluding steroid dienone is 5. The molecule has 0 fully saturated rings. The van der Waals surface area contributed by atoms with Gasteiger partial charge >= 0.3 is 5.97 Å². The summed E-state index contributed by atoms with van der Waals surface area (Å²) in [5.74, 6) is -1.35. The lowest BCUT2D eigenvalue weighted by molar-refractivity contribution is -0.136. The van der Waals surface area contributed by atoms with E-state index in [2.05, 4.69) is 22.5 Å². The summed E-state index contributed by atoms with van der Waals surface area (Å²) in [5, 5.41) is 8.17. The first-order valence-corrected chi connectivity index (χ1v) is 8.21. The van der Waals surface area contributed by atoms with Crippen molar-refractivity contribution in [1.82, 2.24) is 0 Å². The fraction of sp³-hybridized carbons (Fsp3) is 0.375. The van der Waals surface area contributed by atoms with Crippen LogP contribution in [-0.2, 0) is 9.59 Å². The Balaban J connectivity index is 4.63. The monoisotopic (exact) mass is 408 g/mol. The summed E-state index contributed by atoms with van der Waals surface area (Å²) in [6.07, 6.45) is 6.71. The van der Waals surface area contributed by atoms with E-state index in [0.29, 0.717) is 0 Å². The first kappa shape index (κ1) is 21.2. The molecule has 122 valence electrons. The second-order valence-corrected chi connectivity index (χ2v) is 6.77. The molecule has 3 nitrogen and oxygen atoms in total. The fourth-order valence-corrected chi connectivity index (χ4v) is 2.37. The summed E-state index contributed by atoms with van der Waals surface area (Å²) in [7, 11) is 0. The van der Waals surface area contributed by atoms with E-state index >= 15 is 0 Å². The van der Waals surface area contributed by atoms with Gasteiger partial charge in [-0.25, -0.2) is 0 Å². The van der Waals surface area contributed by atoms with Gasteiger partial charge in [0.15, 0.2) is 5.78 Å². The lowest BCUT2D eigenvalue weighted by Gasteiger charge is -2.20. The van der Waals surface area contributed by atoms with E-state index in [1.165, 1.54) is 0 Å². The normalized spacial score (nSPS) is 16.7. The van der Waals surface area contributed by atoms with Crippen LogP contribution in [0.1, 0.15) is 26.7 Å². The van der Waals surface area contributed by atoms with Crippen LogP contribution >= 0.6 is 39.1 Å². The van der Waals surface area contributed by atoms with Gasteiger partial charge in [-0.3, -0.25) is 9.59 Å². The molecule has 0 bridgehead atoms. The van der Waals surface area contributed by atoms with Gasteiger partial charge in [0.2, 0.25) is 0 Å². The Morgan fingerprint density at radius 2 is 2.05 bits per heavy atom. The molecule has 0 unspecified atom stereocenters. The molecule has 0 saturated carbocycles. The highest BCUT2D eigenvalue weighted by Gasteiger charge is 2.25. The second kappa shape index (κ2) is 10.0. The van der Waals surface area contributed by atoms with Gasteiger partial charge in [-0.2, -0.15) is 0 Å². The van der Waals surface area contributed by atoms with Crippen molar-refractivity contribution >= 4 is 50.9 Å². The minimum absolute atomic E-state index is 0.0894. The van der Waals surface area contributed by atoms with Crippen molar-refractivity contribution < 1.29 is 14.7 Å². The SMILES string of the molecule is C=C(CC(=O)O)C(=O)C/C=C(C)/C=C/[C@H](Cl)[C@](C)(Cl)/C=C/Br. The van der Waals surface area contributed by atoms with Gasteiger partial charge in [-0.1, -0.05) is 52.4 Å². The minimum atomic E-state index is -1.06. The van der Waals surface area contributed by atoms with E-state index in [4.69, 9.17) is 28.3 Å². The zero-order valence-electron chi connectivity index (χ0n) is 12.5. The first-order chi connectivity index (χ1) is 10.1. The number of rotatable bonds is 9. The maximum absolute atomic E-state index is 11.7. The third-order valence-corrected chi connectivity index (χ3v) is 4.16. The van der Waals surface area contributed by atoms with Gasteiger partial charge in [-0.15, -0.1) is 23.2 Å². The molecule has 0 aliphatic rings. The van der Waals surface area contributed by atoms with Gasteiger partial charge in [-0.05, 0) is 24.4 Å². The zero-order valence-corrected chi connectivity index (χ0v) is 15.6. The number of hydrogen-bond donors (Lipinski definition) is 1. The summed E-state index contributed by atoms with van der Waals surface area (Å²) in [6.45, 7) is 7.07. The molecule has 0 spiro atoms. The molecule has 1 N–H and O–H groups in total. The summed E-state index contributed by atoms with van der Waals surface area (Å²) >= 11 is 15.6. The van der Waals surface area contributed by atoms with Gasteiger partial charge < -0.3 is 5.11 Å². The first-order valence-electron chi connectivity index (χ1n) is 6.48. The molecule has 0 aromatic heterocycles. The standard InChI is InChI=1S/C16H19BrCl2O3/c1-11(4-6-13(20)12(2)10-15(21)22)5-7-14(18)16(3,19)8-9-17/h4-5,7-9,14H,2,6,10H2,1,3H3,(H,21,22)/b7-5+,9-8+,11-4+/t14-,16+/m0/s1. The number of hydrogen-bond acceptors (Lipinski definition) is 2. The quantitative estimate of drug-likeness (QED) is 0.331. The van der Waals surface area contributed by atoms with E-state index in [1.54, 1.807) is 36.2 Å². The molecule has 0 radical (unpaired) electrons. The van der Waals surface area contributed by atoms with Crippen LogP contribution in [0.25, 0.3) is 0 Å². The number of ketones is 1. The van der Waals surface area contributed by atoms with Crippen molar-refractivity contribution in [3.05, 3.63) is 47.0 Å². The largest absolute Gasteiger partial charge is 0.481 e. The molecule has 0 rings (SSSR count). The molecule has 0 aliphatic carbocycles. The van der Waals surface area contributed by atoms with E-state index in [9.17, 15) is 9.59 Å².